The summed E-state index contributed by atoms with van der Waals surface area (Å²) in [6.07, 6.45) is -2.13. The van der Waals surface area contributed by atoms with E-state index in [-0.39, 0.29) is 6.61 Å². The first kappa shape index (κ1) is 17.5. The van der Waals surface area contributed by atoms with Gasteiger partial charge in [0.2, 0.25) is 0 Å². The van der Waals surface area contributed by atoms with Gasteiger partial charge >= 0.3 is 18.2 Å². The zero-order chi connectivity index (χ0) is 16.8. The van der Waals surface area contributed by atoms with Gasteiger partial charge in [0.05, 0.1) is 0 Å². The molecule has 0 heterocycles. The van der Waals surface area contributed by atoms with E-state index < -0.39 is 30.3 Å². The SMILES string of the molecule is CC(C)(C)OC(=O)N(CC(=O)O)C(=O)OCc1ccccc1. The molecule has 7 heteroatoms. The van der Waals surface area contributed by atoms with E-state index in [1.165, 1.54) is 0 Å². The van der Waals surface area contributed by atoms with Crippen LogP contribution in [0.4, 0.5) is 9.59 Å². The maximum Gasteiger partial charge on any atom is 0.420 e. The summed E-state index contributed by atoms with van der Waals surface area (Å²) in [6.45, 7) is 3.93. The van der Waals surface area contributed by atoms with Crippen LogP contribution in [-0.4, -0.2) is 40.3 Å². The van der Waals surface area contributed by atoms with Gasteiger partial charge in [-0.15, -0.1) is 0 Å². The minimum absolute atomic E-state index is 0.0708. The van der Waals surface area contributed by atoms with E-state index in [4.69, 9.17) is 14.6 Å². The van der Waals surface area contributed by atoms with Crippen LogP contribution in [0.2, 0.25) is 0 Å². The minimum Gasteiger partial charge on any atom is -0.480 e. The summed E-state index contributed by atoms with van der Waals surface area (Å²) in [7, 11) is 0. The molecule has 1 aromatic rings. The number of rotatable bonds is 4. The zero-order valence-electron chi connectivity index (χ0n) is 12.7. The molecule has 0 atom stereocenters. The van der Waals surface area contributed by atoms with Gasteiger partial charge < -0.3 is 14.6 Å². The monoisotopic (exact) mass is 309 g/mol. The Kier molecular flexibility index (Phi) is 5.91. The maximum atomic E-state index is 11.9. The van der Waals surface area contributed by atoms with Crippen molar-refractivity contribution in [2.24, 2.45) is 0 Å². The Balaban J connectivity index is 2.71. The van der Waals surface area contributed by atoms with Crippen LogP contribution < -0.4 is 0 Å². The van der Waals surface area contributed by atoms with Gasteiger partial charge in [0, 0.05) is 0 Å². The quantitative estimate of drug-likeness (QED) is 0.919. The predicted octanol–water partition coefficient (Wildman–Crippen LogP) is 2.64. The molecule has 0 unspecified atom stereocenters. The molecule has 0 radical (unpaired) electrons. The second-order valence-corrected chi connectivity index (χ2v) is 5.50. The first-order valence-corrected chi connectivity index (χ1v) is 6.62. The predicted molar refractivity (Wildman–Crippen MR) is 77.2 cm³/mol. The maximum absolute atomic E-state index is 11.9. The highest BCUT2D eigenvalue weighted by Crippen LogP contribution is 2.11. The van der Waals surface area contributed by atoms with Gasteiger partial charge in [-0.2, -0.15) is 0 Å². The second kappa shape index (κ2) is 7.44. The summed E-state index contributed by atoms with van der Waals surface area (Å²) in [6, 6.07) is 8.82. The largest absolute Gasteiger partial charge is 0.480 e. The lowest BCUT2D eigenvalue weighted by Gasteiger charge is -2.24. The number of nitrogens with zero attached hydrogens (tertiary/aromatic N) is 1. The van der Waals surface area contributed by atoms with Gasteiger partial charge in [0.25, 0.3) is 0 Å². The number of benzene rings is 1. The lowest BCUT2D eigenvalue weighted by atomic mass is 10.2. The number of ether oxygens (including phenoxy) is 2. The Morgan fingerprint density at radius 2 is 1.68 bits per heavy atom. The fraction of sp³-hybridized carbons (Fsp3) is 0.400. The molecular formula is C15H19NO6. The molecule has 22 heavy (non-hydrogen) atoms. The van der Waals surface area contributed by atoms with Crippen LogP contribution in [-0.2, 0) is 20.9 Å². The van der Waals surface area contributed by atoms with E-state index in [0.717, 1.165) is 5.56 Å². The van der Waals surface area contributed by atoms with E-state index >= 15 is 0 Å². The number of carboxylic acid groups (broad SMARTS) is 1. The first-order valence-electron chi connectivity index (χ1n) is 6.62. The Bertz CT molecular complexity index is 535. The fourth-order valence-corrected chi connectivity index (χ4v) is 1.45. The van der Waals surface area contributed by atoms with Crippen molar-refractivity contribution < 1.29 is 29.0 Å². The average Bonchev–Trinajstić information content (AvgIpc) is 2.41. The Morgan fingerprint density at radius 1 is 1.09 bits per heavy atom. The number of carboxylic acids is 1. The normalized spacial score (nSPS) is 10.7. The number of carbonyl (C=O) groups excluding carboxylic acids is 2. The highest BCUT2D eigenvalue weighted by molar-refractivity contribution is 5.91. The molecule has 0 bridgehead atoms. The van der Waals surface area contributed by atoms with Gasteiger partial charge in [-0.1, -0.05) is 30.3 Å². The number of carbonyl (C=O) groups is 3. The van der Waals surface area contributed by atoms with Gasteiger partial charge in [-0.05, 0) is 26.3 Å². The topological polar surface area (TPSA) is 93.1 Å². The molecule has 0 aromatic heterocycles. The molecule has 0 fully saturated rings. The van der Waals surface area contributed by atoms with Crippen LogP contribution in [0.5, 0.6) is 0 Å². The lowest BCUT2D eigenvalue weighted by molar-refractivity contribution is -0.138. The molecule has 2 amide bonds. The summed E-state index contributed by atoms with van der Waals surface area (Å²) in [5.41, 5.74) is -0.136. The van der Waals surface area contributed by atoms with Crippen molar-refractivity contribution in [1.29, 1.82) is 0 Å². The number of hydrogen-bond donors (Lipinski definition) is 1. The van der Waals surface area contributed by atoms with E-state index in [2.05, 4.69) is 0 Å². The van der Waals surface area contributed by atoms with E-state index in [1.54, 1.807) is 45.0 Å². The molecule has 0 saturated carbocycles. The number of hydrogen-bond acceptors (Lipinski definition) is 5. The van der Waals surface area contributed by atoms with Crippen LogP contribution in [0.15, 0.2) is 30.3 Å². The van der Waals surface area contributed by atoms with E-state index in [9.17, 15) is 14.4 Å². The lowest BCUT2D eigenvalue weighted by Crippen LogP contribution is -2.43. The number of amides is 2. The molecular weight excluding hydrogens is 290 g/mol. The van der Waals surface area contributed by atoms with Crippen molar-refractivity contribution in [1.82, 2.24) is 4.90 Å². The summed E-state index contributed by atoms with van der Waals surface area (Å²) < 4.78 is 9.95. The van der Waals surface area contributed by atoms with Crippen molar-refractivity contribution in [3.63, 3.8) is 0 Å². The van der Waals surface area contributed by atoms with E-state index in [1.807, 2.05) is 6.07 Å². The van der Waals surface area contributed by atoms with Gasteiger partial charge in [-0.25, -0.2) is 14.5 Å². The Labute approximate surface area is 128 Å². The van der Waals surface area contributed by atoms with E-state index in [0.29, 0.717) is 4.90 Å². The Hall–Kier alpha value is -2.57. The molecule has 1 N–H and O–H groups in total. The standard InChI is InChI=1S/C15H19NO6/c1-15(2,3)22-14(20)16(9-12(17)18)13(19)21-10-11-7-5-4-6-8-11/h4-8H,9-10H2,1-3H3,(H,17,18). The van der Waals surface area contributed by atoms with Crippen LogP contribution in [0.25, 0.3) is 0 Å². The van der Waals surface area contributed by atoms with Crippen LogP contribution >= 0.6 is 0 Å². The van der Waals surface area contributed by atoms with Crippen LogP contribution in [0.1, 0.15) is 26.3 Å². The van der Waals surface area contributed by atoms with Crippen molar-refractivity contribution in [3.05, 3.63) is 35.9 Å². The fourth-order valence-electron chi connectivity index (χ4n) is 1.45. The highest BCUT2D eigenvalue weighted by Gasteiger charge is 2.30. The van der Waals surface area contributed by atoms with Crippen molar-refractivity contribution >= 4 is 18.2 Å². The average molecular weight is 309 g/mol. The van der Waals surface area contributed by atoms with Crippen LogP contribution in [0.3, 0.4) is 0 Å². The van der Waals surface area contributed by atoms with Gasteiger partial charge in [0.15, 0.2) is 0 Å². The van der Waals surface area contributed by atoms with Gasteiger partial charge in [-0.3, -0.25) is 4.79 Å². The third-order valence-corrected chi connectivity index (χ3v) is 2.33. The molecule has 0 aliphatic carbocycles. The third kappa shape index (κ3) is 6.25. The molecule has 7 nitrogen and oxygen atoms in total. The Morgan fingerprint density at radius 3 is 2.18 bits per heavy atom. The number of imide groups is 1. The first-order chi connectivity index (χ1) is 10.2. The van der Waals surface area contributed by atoms with Crippen LogP contribution in [0, 0.1) is 0 Å². The van der Waals surface area contributed by atoms with Gasteiger partial charge in [0.1, 0.15) is 18.8 Å². The van der Waals surface area contributed by atoms with Crippen molar-refractivity contribution in [2.45, 2.75) is 33.0 Å². The van der Waals surface area contributed by atoms with Crippen molar-refractivity contribution in [3.8, 4) is 0 Å². The van der Waals surface area contributed by atoms with Crippen molar-refractivity contribution in [2.75, 3.05) is 6.54 Å². The summed E-state index contributed by atoms with van der Waals surface area (Å²) in [5.74, 6) is -1.34. The highest BCUT2D eigenvalue weighted by atomic mass is 16.6. The molecule has 1 aromatic carbocycles. The second-order valence-electron chi connectivity index (χ2n) is 5.50. The molecule has 1 rings (SSSR count). The molecule has 0 saturated heterocycles. The molecule has 0 aliphatic rings. The summed E-state index contributed by atoms with van der Waals surface area (Å²) >= 11 is 0. The smallest absolute Gasteiger partial charge is 0.420 e. The zero-order valence-corrected chi connectivity index (χ0v) is 12.7. The molecule has 0 aliphatic heterocycles. The summed E-state index contributed by atoms with van der Waals surface area (Å²) in [4.78, 5) is 35.0. The third-order valence-electron chi connectivity index (χ3n) is 2.33. The summed E-state index contributed by atoms with van der Waals surface area (Å²) in [5, 5.41) is 8.81. The number of aliphatic carboxylic acids is 1. The molecule has 0 spiro atoms. The molecule has 120 valence electrons. The minimum atomic E-state index is -1.34.